The molecule has 0 aliphatic carbocycles. The number of nitrogens with zero attached hydrogens (tertiary/aromatic N) is 3. The third kappa shape index (κ3) is 2.45. The van der Waals surface area contributed by atoms with E-state index in [1.165, 1.54) is 6.33 Å². The van der Waals surface area contributed by atoms with Crippen molar-refractivity contribution >= 4 is 33.3 Å². The largest absolute Gasteiger partial charge is 0.382 e. The van der Waals surface area contributed by atoms with Gasteiger partial charge < -0.3 is 10.6 Å². The van der Waals surface area contributed by atoms with Crippen molar-refractivity contribution in [3.8, 4) is 10.4 Å². The van der Waals surface area contributed by atoms with Gasteiger partial charge in [0.2, 0.25) is 0 Å². The molecular formula is C15H14N4OS. The van der Waals surface area contributed by atoms with Crippen LogP contribution in [0.3, 0.4) is 0 Å². The van der Waals surface area contributed by atoms with Crippen molar-refractivity contribution in [2.45, 2.75) is 0 Å². The number of thiophene rings is 1. The van der Waals surface area contributed by atoms with Gasteiger partial charge in [-0.15, -0.1) is 11.3 Å². The van der Waals surface area contributed by atoms with Crippen LogP contribution in [0.4, 0.5) is 5.82 Å². The number of benzene rings is 1. The quantitative estimate of drug-likeness (QED) is 0.789. The van der Waals surface area contributed by atoms with Crippen molar-refractivity contribution in [3.63, 3.8) is 0 Å². The lowest BCUT2D eigenvalue weighted by atomic mass is 10.1. The molecule has 0 unspecified atom stereocenters. The summed E-state index contributed by atoms with van der Waals surface area (Å²) in [6.07, 6.45) is 1.47. The maximum atomic E-state index is 11.9. The highest BCUT2D eigenvalue weighted by molar-refractivity contribution is 7.22. The van der Waals surface area contributed by atoms with Gasteiger partial charge in [-0.3, -0.25) is 4.79 Å². The second kappa shape index (κ2) is 5.14. The number of anilines is 1. The van der Waals surface area contributed by atoms with E-state index in [0.29, 0.717) is 11.4 Å². The zero-order valence-corrected chi connectivity index (χ0v) is 12.5. The number of amides is 1. The zero-order chi connectivity index (χ0) is 15.0. The molecule has 2 N–H and O–H groups in total. The zero-order valence-electron chi connectivity index (χ0n) is 11.7. The number of hydrogen-bond acceptors (Lipinski definition) is 5. The third-order valence-electron chi connectivity index (χ3n) is 3.16. The molecule has 0 aliphatic rings. The van der Waals surface area contributed by atoms with E-state index in [9.17, 15) is 4.79 Å². The molecule has 0 saturated heterocycles. The van der Waals surface area contributed by atoms with Gasteiger partial charge >= 0.3 is 0 Å². The van der Waals surface area contributed by atoms with Gasteiger partial charge in [0.25, 0.3) is 5.91 Å². The summed E-state index contributed by atoms with van der Waals surface area (Å²) in [6, 6.07) is 9.52. The van der Waals surface area contributed by atoms with Crippen molar-refractivity contribution in [3.05, 3.63) is 42.2 Å². The lowest BCUT2D eigenvalue weighted by Crippen LogP contribution is -2.21. The molecule has 2 aromatic heterocycles. The molecule has 21 heavy (non-hydrogen) atoms. The fraction of sp³-hybridized carbons (Fsp3) is 0.133. The minimum absolute atomic E-state index is 0.00648. The van der Waals surface area contributed by atoms with E-state index in [1.54, 1.807) is 30.3 Å². The molecule has 0 bridgehead atoms. The van der Waals surface area contributed by atoms with Gasteiger partial charge in [0, 0.05) is 24.5 Å². The van der Waals surface area contributed by atoms with Crippen LogP contribution in [0, 0.1) is 0 Å². The van der Waals surface area contributed by atoms with Gasteiger partial charge in [-0.2, -0.15) is 0 Å². The summed E-state index contributed by atoms with van der Waals surface area (Å²) in [6.45, 7) is 0. The molecule has 0 aliphatic heterocycles. The van der Waals surface area contributed by atoms with Crippen molar-refractivity contribution < 1.29 is 4.79 Å². The lowest BCUT2D eigenvalue weighted by molar-refractivity contribution is 0.0827. The van der Waals surface area contributed by atoms with Crippen LogP contribution in [-0.4, -0.2) is 34.9 Å². The van der Waals surface area contributed by atoms with Gasteiger partial charge in [-0.25, -0.2) is 9.97 Å². The first kappa shape index (κ1) is 13.5. The maximum Gasteiger partial charge on any atom is 0.253 e. The van der Waals surface area contributed by atoms with E-state index >= 15 is 0 Å². The molecule has 0 radical (unpaired) electrons. The Morgan fingerprint density at radius 1 is 1.19 bits per heavy atom. The average molecular weight is 298 g/mol. The van der Waals surface area contributed by atoms with Gasteiger partial charge in [-0.05, 0) is 23.8 Å². The first-order valence-corrected chi connectivity index (χ1v) is 7.20. The summed E-state index contributed by atoms with van der Waals surface area (Å²) in [5.74, 6) is 0.489. The molecule has 0 fully saturated rings. The second-order valence-corrected chi connectivity index (χ2v) is 5.91. The van der Waals surface area contributed by atoms with Crippen molar-refractivity contribution in [1.29, 1.82) is 0 Å². The first-order valence-electron chi connectivity index (χ1n) is 6.38. The smallest absolute Gasteiger partial charge is 0.253 e. The topological polar surface area (TPSA) is 72.1 Å². The summed E-state index contributed by atoms with van der Waals surface area (Å²) >= 11 is 1.55. The molecular weight excluding hydrogens is 284 g/mol. The van der Waals surface area contributed by atoms with E-state index in [4.69, 9.17) is 5.73 Å². The number of hydrogen-bond donors (Lipinski definition) is 1. The molecule has 6 heteroatoms. The van der Waals surface area contributed by atoms with Crippen LogP contribution in [0.15, 0.2) is 36.7 Å². The van der Waals surface area contributed by atoms with Crippen LogP contribution in [0.2, 0.25) is 0 Å². The summed E-state index contributed by atoms with van der Waals surface area (Å²) in [5, 5.41) is 0. The predicted molar refractivity (Wildman–Crippen MR) is 85.3 cm³/mol. The Morgan fingerprint density at radius 2 is 1.90 bits per heavy atom. The Kier molecular flexibility index (Phi) is 3.31. The molecule has 3 rings (SSSR count). The van der Waals surface area contributed by atoms with Crippen LogP contribution in [-0.2, 0) is 0 Å². The van der Waals surface area contributed by atoms with Crippen molar-refractivity contribution in [2.24, 2.45) is 0 Å². The number of carbonyl (C=O) groups excluding carboxylic acids is 1. The molecule has 5 nitrogen and oxygen atoms in total. The summed E-state index contributed by atoms with van der Waals surface area (Å²) in [5.41, 5.74) is 8.40. The molecule has 1 aromatic carbocycles. The monoisotopic (exact) mass is 298 g/mol. The van der Waals surface area contributed by atoms with Crippen LogP contribution in [0.5, 0.6) is 0 Å². The first-order chi connectivity index (χ1) is 10.1. The second-order valence-electron chi connectivity index (χ2n) is 4.86. The van der Waals surface area contributed by atoms with Crippen LogP contribution >= 0.6 is 11.3 Å². The van der Waals surface area contributed by atoms with Crippen molar-refractivity contribution in [1.82, 2.24) is 14.9 Å². The van der Waals surface area contributed by atoms with Crippen LogP contribution in [0.1, 0.15) is 10.4 Å². The molecule has 0 spiro atoms. The molecule has 2 heterocycles. The predicted octanol–water partition coefficient (Wildman–Crippen LogP) is 2.64. The van der Waals surface area contributed by atoms with Crippen LogP contribution < -0.4 is 5.73 Å². The average Bonchev–Trinajstić information content (AvgIpc) is 2.92. The van der Waals surface area contributed by atoms with Crippen LogP contribution in [0.25, 0.3) is 20.7 Å². The van der Waals surface area contributed by atoms with E-state index in [-0.39, 0.29) is 5.91 Å². The Bertz CT molecular complexity index is 808. The summed E-state index contributed by atoms with van der Waals surface area (Å²) in [7, 11) is 3.48. The molecule has 0 saturated carbocycles. The standard InChI is InChI=1S/C15H14N4OS/c1-19(2)15(20)10-5-3-9(4-6-10)12-7-11-13(21-12)14(16)18-8-17-11/h3-8H,1-2H3,(H2,16,17,18). The molecule has 106 valence electrons. The van der Waals surface area contributed by atoms with Gasteiger partial charge in [0.15, 0.2) is 0 Å². The normalized spacial score (nSPS) is 10.8. The summed E-state index contributed by atoms with van der Waals surface area (Å²) in [4.78, 5) is 22.7. The van der Waals surface area contributed by atoms with E-state index in [2.05, 4.69) is 9.97 Å². The highest BCUT2D eigenvalue weighted by Gasteiger charge is 2.10. The Hall–Kier alpha value is -2.47. The molecule has 0 atom stereocenters. The fourth-order valence-electron chi connectivity index (χ4n) is 2.05. The van der Waals surface area contributed by atoms with E-state index in [1.807, 2.05) is 30.3 Å². The number of fused-ring (bicyclic) bond motifs is 1. The van der Waals surface area contributed by atoms with E-state index in [0.717, 1.165) is 20.7 Å². The van der Waals surface area contributed by atoms with Crippen molar-refractivity contribution in [2.75, 3.05) is 19.8 Å². The number of carbonyl (C=O) groups is 1. The fourth-order valence-corrected chi connectivity index (χ4v) is 3.07. The number of aromatic nitrogens is 2. The Morgan fingerprint density at radius 3 is 2.52 bits per heavy atom. The molecule has 3 aromatic rings. The third-order valence-corrected chi connectivity index (χ3v) is 4.36. The Labute approximate surface area is 126 Å². The van der Waals surface area contributed by atoms with Gasteiger partial charge in [0.1, 0.15) is 12.1 Å². The number of nitrogens with two attached hydrogens (primary N) is 1. The van der Waals surface area contributed by atoms with Gasteiger partial charge in [0.05, 0.1) is 10.2 Å². The SMILES string of the molecule is CN(C)C(=O)c1ccc(-c2cc3ncnc(N)c3s2)cc1. The van der Waals surface area contributed by atoms with E-state index < -0.39 is 0 Å². The Balaban J connectivity index is 1.99. The maximum absolute atomic E-state index is 11.9. The number of rotatable bonds is 2. The minimum Gasteiger partial charge on any atom is -0.382 e. The van der Waals surface area contributed by atoms with Gasteiger partial charge in [-0.1, -0.05) is 12.1 Å². The molecule has 1 amide bonds. The lowest BCUT2D eigenvalue weighted by Gasteiger charge is -2.10. The minimum atomic E-state index is -0.00648. The highest BCUT2D eigenvalue weighted by Crippen LogP contribution is 2.34. The highest BCUT2D eigenvalue weighted by atomic mass is 32.1. The number of nitrogen functional groups attached to an aromatic ring is 1. The summed E-state index contributed by atoms with van der Waals surface area (Å²) < 4.78 is 0.890.